The Balaban J connectivity index is 2.90. The number of pyridine rings is 1. The largest absolute Gasteiger partial charge is 0.476 e. The quantitative estimate of drug-likeness (QED) is 0.571. The van der Waals surface area contributed by atoms with Crippen molar-refractivity contribution in [1.29, 1.82) is 0 Å². The van der Waals surface area contributed by atoms with Crippen molar-refractivity contribution in [1.82, 2.24) is 15.0 Å². The summed E-state index contributed by atoms with van der Waals surface area (Å²) in [5.74, 6) is -1.17. The first kappa shape index (κ1) is 7.53. The predicted molar refractivity (Wildman–Crippen MR) is 43.7 cm³/mol. The second-order valence-electron chi connectivity index (χ2n) is 2.47. The minimum Gasteiger partial charge on any atom is -0.476 e. The van der Waals surface area contributed by atoms with Crippen LogP contribution in [0.5, 0.6) is 0 Å². The van der Waals surface area contributed by atoms with Gasteiger partial charge in [0.2, 0.25) is 0 Å². The van der Waals surface area contributed by atoms with Crippen LogP contribution in [0.25, 0.3) is 11.0 Å². The van der Waals surface area contributed by atoms with E-state index in [-0.39, 0.29) is 11.2 Å². The highest BCUT2D eigenvalue weighted by molar-refractivity contribution is 5.98. The number of hydrogen-bond acceptors (Lipinski definition) is 3. The molecule has 0 aromatic carbocycles. The first-order valence-corrected chi connectivity index (χ1v) is 3.49. The summed E-state index contributed by atoms with van der Waals surface area (Å²) >= 11 is 0. The summed E-state index contributed by atoms with van der Waals surface area (Å²) in [4.78, 5) is 29.9. The lowest BCUT2D eigenvalue weighted by Crippen LogP contribution is -2.02. The van der Waals surface area contributed by atoms with Crippen LogP contribution in [0.4, 0.5) is 0 Å². The molecule has 2 aromatic heterocycles. The Hall–Kier alpha value is -2.11. The second kappa shape index (κ2) is 2.44. The number of carboxylic acid groups (broad SMARTS) is 1. The Morgan fingerprint density at radius 2 is 2.23 bits per heavy atom. The number of rotatable bonds is 1. The summed E-state index contributed by atoms with van der Waals surface area (Å²) in [5.41, 5.74) is 0.0683. The Morgan fingerprint density at radius 3 is 2.92 bits per heavy atom. The molecule has 66 valence electrons. The smallest absolute Gasteiger partial charge is 0.356 e. The first-order chi connectivity index (χ1) is 6.18. The fraction of sp³-hybridized carbons (Fsp3) is 0. The van der Waals surface area contributed by atoms with Crippen molar-refractivity contribution in [2.45, 2.75) is 0 Å². The molecule has 0 aliphatic carbocycles. The van der Waals surface area contributed by atoms with Gasteiger partial charge in [0.25, 0.3) is 0 Å². The van der Waals surface area contributed by atoms with Crippen molar-refractivity contribution in [3.8, 4) is 0 Å². The molecule has 0 unspecified atom stereocenters. The summed E-state index contributed by atoms with van der Waals surface area (Å²) in [6.07, 6.45) is 1.33. The van der Waals surface area contributed by atoms with E-state index in [2.05, 4.69) is 15.0 Å². The molecule has 6 nitrogen and oxygen atoms in total. The average Bonchev–Trinajstić information content (AvgIpc) is 2.43. The van der Waals surface area contributed by atoms with Crippen molar-refractivity contribution in [3.05, 3.63) is 28.4 Å². The molecule has 0 amide bonds. The topological polar surface area (TPSA) is 98.8 Å². The lowest BCUT2D eigenvalue weighted by atomic mass is 10.3. The summed E-state index contributed by atoms with van der Waals surface area (Å²) in [6.45, 7) is 0. The number of H-pyrrole nitrogens is 2. The molecule has 0 saturated carbocycles. The third-order valence-corrected chi connectivity index (χ3v) is 1.64. The normalized spacial score (nSPS) is 10.5. The SMILES string of the molecule is O=C(O)c1nccc2[nH]c(=O)[nH]c12. The van der Waals surface area contributed by atoms with Crippen LogP contribution in [0, 0.1) is 0 Å². The number of carboxylic acids is 1. The average molecular weight is 179 g/mol. The molecular weight excluding hydrogens is 174 g/mol. The molecule has 0 fully saturated rings. The monoisotopic (exact) mass is 179 g/mol. The van der Waals surface area contributed by atoms with Gasteiger partial charge >= 0.3 is 11.7 Å². The Kier molecular flexibility index (Phi) is 1.42. The van der Waals surface area contributed by atoms with Gasteiger partial charge in [-0.2, -0.15) is 0 Å². The van der Waals surface area contributed by atoms with Crippen LogP contribution < -0.4 is 5.69 Å². The van der Waals surface area contributed by atoms with Crippen LogP contribution >= 0.6 is 0 Å². The maximum absolute atomic E-state index is 10.8. The van der Waals surface area contributed by atoms with Gasteiger partial charge in [0, 0.05) is 6.20 Å². The predicted octanol–water partition coefficient (Wildman–Crippen LogP) is -0.0506. The molecule has 0 radical (unpaired) electrons. The van der Waals surface area contributed by atoms with E-state index in [0.29, 0.717) is 5.52 Å². The molecule has 0 aliphatic rings. The number of carbonyl (C=O) groups is 1. The lowest BCUT2D eigenvalue weighted by molar-refractivity contribution is 0.0692. The number of aromatic carboxylic acids is 1. The highest BCUT2D eigenvalue weighted by Crippen LogP contribution is 2.09. The van der Waals surface area contributed by atoms with Crippen molar-refractivity contribution >= 4 is 17.0 Å². The van der Waals surface area contributed by atoms with Crippen molar-refractivity contribution in [2.24, 2.45) is 0 Å². The zero-order valence-electron chi connectivity index (χ0n) is 6.37. The number of aromatic nitrogens is 3. The van der Waals surface area contributed by atoms with Crippen LogP contribution in [0.1, 0.15) is 10.5 Å². The van der Waals surface area contributed by atoms with E-state index in [1.54, 1.807) is 0 Å². The number of nitrogens with one attached hydrogen (secondary N) is 2. The standard InChI is InChI=1S/C7H5N3O3/c11-6(12)5-4-3(1-2-8-5)9-7(13)10-4/h1-2H,(H,11,12)(H2,9,10,13). The summed E-state index contributed by atoms with van der Waals surface area (Å²) in [7, 11) is 0. The molecule has 0 aliphatic heterocycles. The Morgan fingerprint density at radius 1 is 1.46 bits per heavy atom. The van der Waals surface area contributed by atoms with Gasteiger partial charge in [0.05, 0.1) is 11.0 Å². The van der Waals surface area contributed by atoms with Crippen LogP contribution in [0.2, 0.25) is 0 Å². The zero-order chi connectivity index (χ0) is 9.42. The van der Waals surface area contributed by atoms with Gasteiger partial charge in [0.1, 0.15) is 0 Å². The van der Waals surface area contributed by atoms with E-state index >= 15 is 0 Å². The molecule has 2 aromatic rings. The third kappa shape index (κ3) is 1.08. The van der Waals surface area contributed by atoms with E-state index < -0.39 is 11.7 Å². The molecular formula is C7H5N3O3. The maximum atomic E-state index is 10.8. The van der Waals surface area contributed by atoms with E-state index in [1.165, 1.54) is 12.3 Å². The molecule has 3 N–H and O–H groups in total. The van der Waals surface area contributed by atoms with Crippen LogP contribution in [0.15, 0.2) is 17.1 Å². The highest BCUT2D eigenvalue weighted by atomic mass is 16.4. The number of nitrogens with zero attached hydrogens (tertiary/aromatic N) is 1. The van der Waals surface area contributed by atoms with E-state index in [4.69, 9.17) is 5.11 Å². The molecule has 2 heterocycles. The Labute approximate surface area is 71.2 Å². The van der Waals surface area contributed by atoms with Gasteiger partial charge in [-0.25, -0.2) is 14.6 Å². The highest BCUT2D eigenvalue weighted by Gasteiger charge is 2.11. The fourth-order valence-corrected chi connectivity index (χ4v) is 1.12. The van der Waals surface area contributed by atoms with Gasteiger partial charge in [-0.15, -0.1) is 0 Å². The summed E-state index contributed by atoms with van der Waals surface area (Å²) in [6, 6.07) is 1.53. The minimum atomic E-state index is -1.17. The third-order valence-electron chi connectivity index (χ3n) is 1.64. The number of imidazole rings is 1. The molecule has 6 heteroatoms. The van der Waals surface area contributed by atoms with Crippen LogP contribution in [-0.2, 0) is 0 Å². The van der Waals surface area contributed by atoms with Crippen LogP contribution in [0.3, 0.4) is 0 Å². The Bertz CT molecular complexity index is 525. The van der Waals surface area contributed by atoms with Crippen LogP contribution in [-0.4, -0.2) is 26.0 Å². The fourth-order valence-electron chi connectivity index (χ4n) is 1.12. The van der Waals surface area contributed by atoms with E-state index in [9.17, 15) is 9.59 Å². The van der Waals surface area contributed by atoms with Gasteiger partial charge < -0.3 is 15.1 Å². The number of aromatic amines is 2. The molecule has 0 bridgehead atoms. The van der Waals surface area contributed by atoms with Crippen molar-refractivity contribution in [3.63, 3.8) is 0 Å². The van der Waals surface area contributed by atoms with Gasteiger partial charge in [0.15, 0.2) is 5.69 Å². The molecule has 0 spiro atoms. The van der Waals surface area contributed by atoms with Crippen molar-refractivity contribution in [2.75, 3.05) is 0 Å². The zero-order valence-corrected chi connectivity index (χ0v) is 6.37. The molecule has 13 heavy (non-hydrogen) atoms. The minimum absolute atomic E-state index is 0.157. The van der Waals surface area contributed by atoms with E-state index in [1.807, 2.05) is 0 Å². The second-order valence-corrected chi connectivity index (χ2v) is 2.47. The first-order valence-electron chi connectivity index (χ1n) is 3.49. The summed E-state index contributed by atoms with van der Waals surface area (Å²) < 4.78 is 0. The summed E-state index contributed by atoms with van der Waals surface area (Å²) in [5, 5.41) is 8.69. The molecule has 0 atom stereocenters. The van der Waals surface area contributed by atoms with Crippen molar-refractivity contribution < 1.29 is 9.90 Å². The maximum Gasteiger partial charge on any atom is 0.356 e. The lowest BCUT2D eigenvalue weighted by Gasteiger charge is -1.93. The van der Waals surface area contributed by atoms with Gasteiger partial charge in [-0.1, -0.05) is 0 Å². The van der Waals surface area contributed by atoms with Gasteiger partial charge in [-0.05, 0) is 6.07 Å². The van der Waals surface area contributed by atoms with Gasteiger partial charge in [-0.3, -0.25) is 0 Å². The molecule has 2 rings (SSSR count). The number of hydrogen-bond donors (Lipinski definition) is 3. The molecule has 0 saturated heterocycles. The number of fused-ring (bicyclic) bond motifs is 1. The van der Waals surface area contributed by atoms with E-state index in [0.717, 1.165) is 0 Å².